The number of piperazine rings is 1. The zero-order valence-corrected chi connectivity index (χ0v) is 18.0. The maximum atomic E-state index is 5.07. The molecule has 0 radical (unpaired) electrons. The normalized spacial score (nSPS) is 14.7. The quantitative estimate of drug-likeness (QED) is 0.455. The highest BCUT2D eigenvalue weighted by atomic mass is 15.4. The molecule has 1 saturated heterocycles. The zero-order valence-electron chi connectivity index (χ0n) is 18.0. The molecule has 5 rings (SSSR count). The first-order valence-corrected chi connectivity index (χ1v) is 11.0. The Kier molecular flexibility index (Phi) is 5.55. The van der Waals surface area contributed by atoms with Gasteiger partial charge in [-0.25, -0.2) is 4.68 Å². The monoisotopic (exact) mass is 408 g/mol. The topological polar surface area (TPSA) is 24.3 Å². The lowest BCUT2D eigenvalue weighted by molar-refractivity contribution is 0.249. The van der Waals surface area contributed by atoms with E-state index in [9.17, 15) is 0 Å². The summed E-state index contributed by atoms with van der Waals surface area (Å²) in [6.45, 7) is 7.33. The van der Waals surface area contributed by atoms with Gasteiger partial charge >= 0.3 is 0 Å². The molecule has 156 valence electrons. The minimum absolute atomic E-state index is 1.00. The van der Waals surface area contributed by atoms with Crippen molar-refractivity contribution in [3.63, 3.8) is 0 Å². The predicted molar refractivity (Wildman–Crippen MR) is 128 cm³/mol. The van der Waals surface area contributed by atoms with Crippen LogP contribution < -0.4 is 4.90 Å². The fourth-order valence-electron chi connectivity index (χ4n) is 4.44. The van der Waals surface area contributed by atoms with Crippen molar-refractivity contribution < 1.29 is 0 Å². The van der Waals surface area contributed by atoms with E-state index in [0.29, 0.717) is 0 Å². The molecular weight excluding hydrogens is 380 g/mol. The van der Waals surface area contributed by atoms with E-state index in [1.54, 1.807) is 0 Å². The molecule has 0 amide bonds. The second kappa shape index (κ2) is 8.78. The van der Waals surface area contributed by atoms with Crippen LogP contribution in [0.25, 0.3) is 16.9 Å². The Bertz CT molecular complexity index is 1110. The average molecular weight is 409 g/mol. The molecular formula is C27H28N4. The van der Waals surface area contributed by atoms with Crippen LogP contribution in [0.2, 0.25) is 0 Å². The van der Waals surface area contributed by atoms with Crippen molar-refractivity contribution in [3.05, 3.63) is 102 Å². The van der Waals surface area contributed by atoms with Crippen molar-refractivity contribution in [1.29, 1.82) is 0 Å². The standard InChI is InChI=1S/C27H28N4/c1-22-26(24-13-7-3-8-14-24)28-31(25-15-9-4-10-16-25)27(22)30-19-17-29(18-20-30)21-23-11-5-2-6-12-23/h2-16H,17-21H2,1H3. The van der Waals surface area contributed by atoms with Crippen LogP contribution >= 0.6 is 0 Å². The van der Waals surface area contributed by atoms with E-state index in [4.69, 9.17) is 5.10 Å². The molecule has 0 atom stereocenters. The summed E-state index contributed by atoms with van der Waals surface area (Å²) in [4.78, 5) is 5.05. The lowest BCUT2D eigenvalue weighted by Crippen LogP contribution is -2.46. The van der Waals surface area contributed by atoms with Crippen molar-refractivity contribution in [1.82, 2.24) is 14.7 Å². The molecule has 4 nitrogen and oxygen atoms in total. The van der Waals surface area contributed by atoms with Gasteiger partial charge in [0.2, 0.25) is 0 Å². The first-order valence-electron chi connectivity index (χ1n) is 11.0. The average Bonchev–Trinajstić information content (AvgIpc) is 3.18. The molecule has 0 N–H and O–H groups in total. The summed E-state index contributed by atoms with van der Waals surface area (Å²) < 4.78 is 2.13. The van der Waals surface area contributed by atoms with E-state index in [-0.39, 0.29) is 0 Å². The fraction of sp³-hybridized carbons (Fsp3) is 0.222. The number of para-hydroxylation sites is 1. The number of anilines is 1. The number of rotatable bonds is 5. The van der Waals surface area contributed by atoms with Crippen molar-refractivity contribution in [2.24, 2.45) is 0 Å². The Balaban J connectivity index is 1.44. The molecule has 0 aliphatic carbocycles. The first-order chi connectivity index (χ1) is 15.3. The van der Waals surface area contributed by atoms with Gasteiger partial charge < -0.3 is 4.90 Å². The zero-order chi connectivity index (χ0) is 21.0. The van der Waals surface area contributed by atoms with E-state index >= 15 is 0 Å². The van der Waals surface area contributed by atoms with Crippen LogP contribution in [0.1, 0.15) is 11.1 Å². The van der Waals surface area contributed by atoms with Crippen LogP contribution in [0.4, 0.5) is 5.82 Å². The second-order valence-corrected chi connectivity index (χ2v) is 8.16. The highest BCUT2D eigenvalue weighted by Crippen LogP contribution is 2.33. The third kappa shape index (κ3) is 4.12. The lowest BCUT2D eigenvalue weighted by atomic mass is 10.1. The maximum absolute atomic E-state index is 5.07. The molecule has 1 aromatic heterocycles. The third-order valence-electron chi connectivity index (χ3n) is 6.06. The number of hydrogen-bond donors (Lipinski definition) is 0. The van der Waals surface area contributed by atoms with E-state index < -0.39 is 0 Å². The molecule has 0 bridgehead atoms. The summed E-state index contributed by atoms with van der Waals surface area (Å²) in [7, 11) is 0. The molecule has 2 heterocycles. The van der Waals surface area contributed by atoms with Crippen molar-refractivity contribution in [2.45, 2.75) is 13.5 Å². The third-order valence-corrected chi connectivity index (χ3v) is 6.06. The number of nitrogens with zero attached hydrogens (tertiary/aromatic N) is 4. The molecule has 4 aromatic rings. The van der Waals surface area contributed by atoms with Gasteiger partial charge in [0.05, 0.1) is 11.4 Å². The van der Waals surface area contributed by atoms with Crippen molar-refractivity contribution in [2.75, 3.05) is 31.1 Å². The van der Waals surface area contributed by atoms with Gasteiger partial charge in [0, 0.05) is 43.9 Å². The highest BCUT2D eigenvalue weighted by Gasteiger charge is 2.25. The molecule has 0 spiro atoms. The SMILES string of the molecule is Cc1c(-c2ccccc2)nn(-c2ccccc2)c1N1CCN(Cc2ccccc2)CC1. The van der Waals surface area contributed by atoms with Gasteiger partial charge in [0.25, 0.3) is 0 Å². The summed E-state index contributed by atoms with van der Waals surface area (Å²) in [5, 5.41) is 5.07. The number of hydrogen-bond acceptors (Lipinski definition) is 3. The van der Waals surface area contributed by atoms with Crippen molar-refractivity contribution in [3.8, 4) is 16.9 Å². The van der Waals surface area contributed by atoms with Gasteiger partial charge in [0.15, 0.2) is 0 Å². The summed E-state index contributed by atoms with van der Waals surface area (Å²) >= 11 is 0. The van der Waals surface area contributed by atoms with Crippen LogP contribution in [-0.2, 0) is 6.54 Å². The molecule has 4 heteroatoms. The summed E-state index contributed by atoms with van der Waals surface area (Å²) in [6, 6.07) is 31.8. The maximum Gasteiger partial charge on any atom is 0.136 e. The summed E-state index contributed by atoms with van der Waals surface area (Å²) in [6.07, 6.45) is 0. The van der Waals surface area contributed by atoms with E-state index in [1.807, 2.05) is 0 Å². The van der Waals surface area contributed by atoms with Crippen molar-refractivity contribution >= 4 is 5.82 Å². The molecule has 0 unspecified atom stereocenters. The molecule has 1 aliphatic rings. The Hall–Kier alpha value is -3.37. The van der Waals surface area contributed by atoms with Gasteiger partial charge in [-0.2, -0.15) is 5.10 Å². The number of benzene rings is 3. The highest BCUT2D eigenvalue weighted by molar-refractivity contribution is 5.71. The molecule has 31 heavy (non-hydrogen) atoms. The lowest BCUT2D eigenvalue weighted by Gasteiger charge is -2.36. The van der Waals surface area contributed by atoms with Crippen LogP contribution in [0.3, 0.4) is 0 Å². The van der Waals surface area contributed by atoms with E-state index in [1.165, 1.54) is 22.5 Å². The van der Waals surface area contributed by atoms with Gasteiger partial charge in [0.1, 0.15) is 5.82 Å². The van der Waals surface area contributed by atoms with Crippen LogP contribution in [0.15, 0.2) is 91.0 Å². The minimum atomic E-state index is 1.00. The van der Waals surface area contributed by atoms with Gasteiger partial charge in [-0.05, 0) is 24.6 Å². The molecule has 0 saturated carbocycles. The Morgan fingerprint density at radius 2 is 1.29 bits per heavy atom. The summed E-state index contributed by atoms with van der Waals surface area (Å²) in [5.41, 5.74) is 5.96. The largest absolute Gasteiger partial charge is 0.354 e. The molecule has 3 aromatic carbocycles. The first kappa shape index (κ1) is 19.6. The van der Waals surface area contributed by atoms with Crippen LogP contribution in [0.5, 0.6) is 0 Å². The summed E-state index contributed by atoms with van der Waals surface area (Å²) in [5.74, 6) is 1.21. The van der Waals surface area contributed by atoms with Gasteiger partial charge in [-0.3, -0.25) is 4.90 Å². The van der Waals surface area contributed by atoms with E-state index in [0.717, 1.165) is 44.1 Å². The van der Waals surface area contributed by atoms with Crippen LogP contribution in [0, 0.1) is 6.92 Å². The number of aromatic nitrogens is 2. The Morgan fingerprint density at radius 1 is 0.710 bits per heavy atom. The Labute approximate surface area is 184 Å². The van der Waals surface area contributed by atoms with Gasteiger partial charge in [-0.15, -0.1) is 0 Å². The fourth-order valence-corrected chi connectivity index (χ4v) is 4.44. The van der Waals surface area contributed by atoms with Gasteiger partial charge in [-0.1, -0.05) is 78.9 Å². The molecule has 1 aliphatic heterocycles. The smallest absolute Gasteiger partial charge is 0.136 e. The van der Waals surface area contributed by atoms with Crippen LogP contribution in [-0.4, -0.2) is 40.9 Å². The minimum Gasteiger partial charge on any atom is -0.354 e. The Morgan fingerprint density at radius 3 is 1.94 bits per heavy atom. The predicted octanol–water partition coefficient (Wildman–Crippen LogP) is 5.17. The second-order valence-electron chi connectivity index (χ2n) is 8.16. The molecule has 1 fully saturated rings. The van der Waals surface area contributed by atoms with E-state index in [2.05, 4.69) is 112 Å².